The van der Waals surface area contributed by atoms with E-state index in [2.05, 4.69) is 47.0 Å². The van der Waals surface area contributed by atoms with Crippen molar-refractivity contribution in [2.45, 2.75) is 39.7 Å². The molecule has 0 bridgehead atoms. The second-order valence-electron chi connectivity index (χ2n) is 9.67. The summed E-state index contributed by atoms with van der Waals surface area (Å²) >= 11 is 0. The Labute approximate surface area is 224 Å². The van der Waals surface area contributed by atoms with Crippen molar-refractivity contribution in [1.29, 1.82) is 5.26 Å². The van der Waals surface area contributed by atoms with Gasteiger partial charge in [0.15, 0.2) is 17.5 Å². The first-order chi connectivity index (χ1) is 18.8. The molecule has 1 aliphatic heterocycles. The number of amides is 1. The van der Waals surface area contributed by atoms with Gasteiger partial charge in [0.1, 0.15) is 5.82 Å². The van der Waals surface area contributed by atoms with Crippen molar-refractivity contribution < 1.29 is 9.18 Å². The molecule has 0 unspecified atom stereocenters. The van der Waals surface area contributed by atoms with Crippen molar-refractivity contribution in [3.63, 3.8) is 0 Å². The number of nitrogens with zero attached hydrogens (tertiary/aromatic N) is 8. The first-order valence-corrected chi connectivity index (χ1v) is 12.5. The van der Waals surface area contributed by atoms with Crippen LogP contribution in [0.2, 0.25) is 0 Å². The number of nitriles is 1. The molecule has 5 rings (SSSR count). The summed E-state index contributed by atoms with van der Waals surface area (Å²) in [6, 6.07) is 9.44. The summed E-state index contributed by atoms with van der Waals surface area (Å²) < 4.78 is 14.6. The van der Waals surface area contributed by atoms with Crippen molar-refractivity contribution in [3.05, 3.63) is 65.6 Å². The van der Waals surface area contributed by atoms with Gasteiger partial charge in [0.2, 0.25) is 11.9 Å². The third-order valence-corrected chi connectivity index (χ3v) is 6.75. The third kappa shape index (κ3) is 5.85. The largest absolute Gasteiger partial charge is 0.351 e. The van der Waals surface area contributed by atoms with Crippen LogP contribution in [0.5, 0.6) is 0 Å². The number of anilines is 3. The number of aryl methyl sites for hydroxylation is 2. The summed E-state index contributed by atoms with van der Waals surface area (Å²) in [6.45, 7) is 5.16. The lowest BCUT2D eigenvalue weighted by atomic mass is 9.75. The highest BCUT2D eigenvalue weighted by atomic mass is 19.1. The van der Waals surface area contributed by atoms with Crippen molar-refractivity contribution in [1.82, 2.24) is 40.2 Å². The zero-order chi connectivity index (χ0) is 27.4. The van der Waals surface area contributed by atoms with Crippen molar-refractivity contribution in [2.75, 3.05) is 23.3 Å². The molecule has 1 fully saturated rings. The Kier molecular flexibility index (Phi) is 7.18. The second kappa shape index (κ2) is 10.9. The van der Waals surface area contributed by atoms with E-state index >= 15 is 0 Å². The lowest BCUT2D eigenvalue weighted by Gasteiger charge is -2.39. The number of aromatic amines is 1. The van der Waals surface area contributed by atoms with Gasteiger partial charge in [0, 0.05) is 55.8 Å². The van der Waals surface area contributed by atoms with E-state index in [1.807, 2.05) is 30.9 Å². The molecule has 4 aromatic heterocycles. The maximum atomic E-state index is 13.3. The predicted molar refractivity (Wildman–Crippen MR) is 141 cm³/mol. The van der Waals surface area contributed by atoms with E-state index in [-0.39, 0.29) is 18.9 Å². The number of aromatic nitrogens is 7. The third-order valence-electron chi connectivity index (χ3n) is 6.75. The number of hydrogen-bond donors (Lipinski definition) is 3. The lowest BCUT2D eigenvalue weighted by molar-refractivity contribution is -0.132. The van der Waals surface area contributed by atoms with Crippen LogP contribution in [0.4, 0.5) is 22.0 Å². The minimum absolute atomic E-state index is 0.120. The molecule has 0 radical (unpaired) electrons. The molecule has 0 saturated carbocycles. The molecule has 0 aromatic carbocycles. The topological polar surface area (TPSA) is 153 Å². The Morgan fingerprint density at radius 2 is 2.00 bits per heavy atom. The Bertz CT molecular complexity index is 1500. The van der Waals surface area contributed by atoms with Gasteiger partial charge in [-0.05, 0) is 38.3 Å². The van der Waals surface area contributed by atoms with E-state index in [4.69, 9.17) is 0 Å². The molecule has 200 valence electrons. The Morgan fingerprint density at radius 3 is 2.64 bits per heavy atom. The van der Waals surface area contributed by atoms with Gasteiger partial charge < -0.3 is 15.5 Å². The molecular weight excluding hydrogens is 501 g/mol. The molecule has 13 heteroatoms. The summed E-state index contributed by atoms with van der Waals surface area (Å²) in [5.41, 5.74) is 1.72. The molecule has 5 heterocycles. The minimum Gasteiger partial charge on any atom is -0.351 e. The van der Waals surface area contributed by atoms with Gasteiger partial charge in [-0.25, -0.2) is 19.0 Å². The first kappa shape index (κ1) is 25.8. The second-order valence-corrected chi connectivity index (χ2v) is 9.67. The van der Waals surface area contributed by atoms with E-state index in [0.717, 1.165) is 23.1 Å². The van der Waals surface area contributed by atoms with Crippen molar-refractivity contribution in [3.8, 4) is 11.9 Å². The zero-order valence-corrected chi connectivity index (χ0v) is 21.6. The number of nitrogens with one attached hydrogen (secondary N) is 3. The predicted octanol–water partition coefficient (Wildman–Crippen LogP) is 3.10. The van der Waals surface area contributed by atoms with Gasteiger partial charge in [0.25, 0.3) is 0 Å². The van der Waals surface area contributed by atoms with E-state index < -0.39 is 11.2 Å². The summed E-state index contributed by atoms with van der Waals surface area (Å²) in [4.78, 5) is 28.9. The van der Waals surface area contributed by atoms with Crippen LogP contribution in [0.1, 0.15) is 36.2 Å². The maximum absolute atomic E-state index is 13.3. The summed E-state index contributed by atoms with van der Waals surface area (Å²) in [5, 5.41) is 26.7. The normalized spacial score (nSPS) is 14.6. The van der Waals surface area contributed by atoms with Crippen molar-refractivity contribution >= 4 is 23.5 Å². The highest BCUT2D eigenvalue weighted by Crippen LogP contribution is 2.36. The molecule has 4 aromatic rings. The maximum Gasteiger partial charge on any atom is 0.227 e. The number of rotatable bonds is 8. The molecule has 39 heavy (non-hydrogen) atoms. The quantitative estimate of drug-likeness (QED) is 0.312. The van der Waals surface area contributed by atoms with Crippen LogP contribution in [0, 0.1) is 36.4 Å². The smallest absolute Gasteiger partial charge is 0.227 e. The zero-order valence-electron chi connectivity index (χ0n) is 21.6. The average Bonchev–Trinajstić information content (AvgIpc) is 3.55. The molecule has 0 aliphatic carbocycles. The molecule has 0 atom stereocenters. The van der Waals surface area contributed by atoms with Crippen molar-refractivity contribution in [2.24, 2.45) is 5.41 Å². The van der Waals surface area contributed by atoms with Gasteiger partial charge in [-0.15, -0.1) is 0 Å². The highest BCUT2D eigenvalue weighted by molar-refractivity contribution is 5.83. The number of carbonyl (C=O) groups is 1. The summed E-state index contributed by atoms with van der Waals surface area (Å²) in [7, 11) is 0. The fourth-order valence-corrected chi connectivity index (χ4v) is 4.59. The number of hydrogen-bond acceptors (Lipinski definition) is 9. The number of piperidine rings is 1. The summed E-state index contributed by atoms with van der Waals surface area (Å²) in [5.74, 6) is 1.73. The van der Waals surface area contributed by atoms with E-state index in [1.165, 1.54) is 10.9 Å². The minimum atomic E-state index is -0.803. The molecule has 1 amide bonds. The fraction of sp³-hybridized carbons (Fsp3) is 0.346. The Balaban J connectivity index is 1.22. The van der Waals surface area contributed by atoms with E-state index in [0.29, 0.717) is 49.3 Å². The van der Waals surface area contributed by atoms with Gasteiger partial charge in [-0.1, -0.05) is 6.07 Å². The highest BCUT2D eigenvalue weighted by Gasteiger charge is 2.41. The number of carbonyl (C=O) groups excluding carboxylic acids is 1. The van der Waals surface area contributed by atoms with Gasteiger partial charge >= 0.3 is 0 Å². The van der Waals surface area contributed by atoms with Crippen LogP contribution in [-0.2, 0) is 11.3 Å². The molecular formula is C26H28FN11O. The monoisotopic (exact) mass is 529 g/mol. The van der Waals surface area contributed by atoms with E-state index in [9.17, 15) is 14.4 Å². The van der Waals surface area contributed by atoms with Gasteiger partial charge in [-0.3, -0.25) is 9.89 Å². The van der Waals surface area contributed by atoms with Crippen LogP contribution >= 0.6 is 0 Å². The van der Waals surface area contributed by atoms with Gasteiger partial charge in [-0.2, -0.15) is 20.4 Å². The fourth-order valence-electron chi connectivity index (χ4n) is 4.59. The van der Waals surface area contributed by atoms with Crippen LogP contribution in [-0.4, -0.2) is 53.9 Å². The molecule has 1 aliphatic rings. The molecule has 1 saturated heterocycles. The first-order valence-electron chi connectivity index (χ1n) is 12.5. The molecule has 0 spiro atoms. The number of H-pyrrole nitrogens is 1. The number of halogens is 1. The van der Waals surface area contributed by atoms with Crippen LogP contribution < -0.4 is 15.5 Å². The van der Waals surface area contributed by atoms with Gasteiger partial charge in [0.05, 0.1) is 23.9 Å². The lowest BCUT2D eigenvalue weighted by Crippen LogP contribution is -2.49. The molecule has 12 nitrogen and oxygen atoms in total. The van der Waals surface area contributed by atoms with Crippen LogP contribution in [0.15, 0.2) is 42.9 Å². The SMILES string of the molecule is Cc1cc(Nc2cc(C)[nH]n2)nc(N2CCC(CC#N)(C(=O)NCc3ccc(-n4cc(F)cn4)nc3)CC2)n1. The number of pyridine rings is 1. The van der Waals surface area contributed by atoms with E-state index in [1.54, 1.807) is 18.3 Å². The Hall–Kier alpha value is -4.86. The summed E-state index contributed by atoms with van der Waals surface area (Å²) in [6.07, 6.45) is 5.06. The standard InChI is InChI=1S/C26H28FN11O/c1-17-11-21(33-22-12-18(2)35-36-22)34-25(32-17)37-9-6-26(5-8-28,7-10-37)24(39)30-14-19-3-4-23(29-13-19)38-16-20(27)15-31-38/h3-4,11-13,15-16H,5-7,9-10,14H2,1-2H3,(H,30,39)(H2,32,33,34,35,36). The molecule has 3 N–H and O–H groups in total. The van der Waals surface area contributed by atoms with Crippen LogP contribution in [0.25, 0.3) is 5.82 Å². The Morgan fingerprint density at radius 1 is 1.18 bits per heavy atom. The van der Waals surface area contributed by atoms with Crippen LogP contribution in [0.3, 0.4) is 0 Å². The average molecular weight is 530 g/mol.